The molecule has 0 N–H and O–H groups in total. The zero-order valence-electron chi connectivity index (χ0n) is 12.6. The summed E-state index contributed by atoms with van der Waals surface area (Å²) in [4.78, 5) is 25.8. The molecule has 1 heterocycles. The normalized spacial score (nSPS) is 13.5. The van der Waals surface area contributed by atoms with Gasteiger partial charge in [0.15, 0.2) is 0 Å². The monoisotopic (exact) mass is 295 g/mol. The van der Waals surface area contributed by atoms with Gasteiger partial charge in [-0.05, 0) is 43.7 Å². The first kappa shape index (κ1) is 14.3. The van der Waals surface area contributed by atoms with E-state index in [2.05, 4.69) is 0 Å². The first-order valence-corrected chi connectivity index (χ1v) is 7.28. The number of rotatable bonds is 4. The minimum absolute atomic E-state index is 0.382. The number of hydrogen-bond acceptors (Lipinski definition) is 3. The number of anilines is 1. The Morgan fingerprint density at radius 2 is 1.77 bits per heavy atom. The molecule has 0 bridgehead atoms. The van der Waals surface area contributed by atoms with E-state index in [0.717, 1.165) is 16.9 Å². The second-order valence-corrected chi connectivity index (χ2v) is 5.32. The maximum absolute atomic E-state index is 12.2. The predicted octanol–water partition coefficient (Wildman–Crippen LogP) is 3.12. The first-order chi connectivity index (χ1) is 10.6. The predicted molar refractivity (Wildman–Crippen MR) is 84.3 cm³/mol. The minimum Gasteiger partial charge on any atom is -0.494 e. The highest BCUT2D eigenvalue weighted by atomic mass is 16.5. The minimum atomic E-state index is -0.463. The molecular weight excluding hydrogens is 278 g/mol. The van der Waals surface area contributed by atoms with Crippen LogP contribution in [0.2, 0.25) is 0 Å². The van der Waals surface area contributed by atoms with Crippen LogP contribution in [0.1, 0.15) is 28.4 Å². The zero-order valence-corrected chi connectivity index (χ0v) is 12.6. The van der Waals surface area contributed by atoms with Crippen molar-refractivity contribution in [3.05, 3.63) is 59.2 Å². The molecule has 0 aromatic heterocycles. The molecule has 0 unspecified atom stereocenters. The Bertz CT molecular complexity index is 734. The maximum atomic E-state index is 12.2. The third-order valence-corrected chi connectivity index (χ3v) is 3.70. The van der Waals surface area contributed by atoms with Gasteiger partial charge in [-0.25, -0.2) is 0 Å². The fourth-order valence-electron chi connectivity index (χ4n) is 2.61. The number of ether oxygens (including phenoxy) is 1. The van der Waals surface area contributed by atoms with Gasteiger partial charge in [0.1, 0.15) is 5.75 Å². The van der Waals surface area contributed by atoms with Gasteiger partial charge in [-0.1, -0.05) is 23.8 Å². The van der Waals surface area contributed by atoms with Crippen LogP contribution in [0.4, 0.5) is 5.69 Å². The maximum Gasteiger partial charge on any atom is 0.299 e. The molecule has 1 aliphatic heterocycles. The highest BCUT2D eigenvalue weighted by Crippen LogP contribution is 2.31. The Morgan fingerprint density at radius 1 is 1.05 bits per heavy atom. The number of carbonyl (C=O) groups is 2. The van der Waals surface area contributed by atoms with Crippen LogP contribution in [0.25, 0.3) is 0 Å². The quantitative estimate of drug-likeness (QED) is 0.814. The lowest BCUT2D eigenvalue weighted by atomic mass is 10.1. The molecule has 1 amide bonds. The van der Waals surface area contributed by atoms with E-state index < -0.39 is 11.7 Å². The van der Waals surface area contributed by atoms with Crippen molar-refractivity contribution in [1.82, 2.24) is 0 Å². The van der Waals surface area contributed by atoms with Crippen molar-refractivity contribution in [2.75, 3.05) is 11.5 Å². The van der Waals surface area contributed by atoms with Crippen molar-refractivity contribution in [3.8, 4) is 5.75 Å². The Hall–Kier alpha value is -2.62. The summed E-state index contributed by atoms with van der Waals surface area (Å²) in [6, 6.07) is 13.1. The van der Waals surface area contributed by atoms with Crippen molar-refractivity contribution in [3.63, 3.8) is 0 Å². The van der Waals surface area contributed by atoms with Crippen LogP contribution in [-0.2, 0) is 11.3 Å². The van der Waals surface area contributed by atoms with Crippen LogP contribution in [0.3, 0.4) is 0 Å². The number of Topliss-reactive ketones (excluding diaryl/α,β-unsaturated/α-hetero) is 1. The Kier molecular flexibility index (Phi) is 3.67. The Balaban J connectivity index is 1.87. The molecule has 0 saturated carbocycles. The number of aryl methyl sites for hydroxylation is 1. The smallest absolute Gasteiger partial charge is 0.299 e. The van der Waals surface area contributed by atoms with E-state index in [9.17, 15) is 9.59 Å². The van der Waals surface area contributed by atoms with E-state index in [0.29, 0.717) is 24.4 Å². The Morgan fingerprint density at radius 3 is 2.45 bits per heavy atom. The molecule has 4 nitrogen and oxygen atoms in total. The molecule has 2 aromatic rings. The molecule has 112 valence electrons. The molecule has 0 spiro atoms. The van der Waals surface area contributed by atoms with Crippen molar-refractivity contribution in [1.29, 1.82) is 0 Å². The summed E-state index contributed by atoms with van der Waals surface area (Å²) in [5.41, 5.74) is 3.12. The highest BCUT2D eigenvalue weighted by Gasteiger charge is 2.35. The molecule has 0 saturated heterocycles. The lowest BCUT2D eigenvalue weighted by molar-refractivity contribution is -0.114. The number of fused-ring (bicyclic) bond motifs is 1. The highest BCUT2D eigenvalue weighted by molar-refractivity contribution is 6.52. The van der Waals surface area contributed by atoms with E-state index in [1.807, 2.05) is 50.2 Å². The fourth-order valence-corrected chi connectivity index (χ4v) is 2.61. The van der Waals surface area contributed by atoms with Crippen LogP contribution >= 0.6 is 0 Å². The lowest BCUT2D eigenvalue weighted by Crippen LogP contribution is -2.29. The van der Waals surface area contributed by atoms with Gasteiger partial charge >= 0.3 is 0 Å². The third-order valence-electron chi connectivity index (χ3n) is 3.70. The standard InChI is InChI=1S/C18H17NO3/c1-3-22-14-7-5-13(6-8-14)11-19-16-9-4-12(2)10-15(16)17(20)18(19)21/h4-10H,3,11H2,1-2H3. The average Bonchev–Trinajstić information content (AvgIpc) is 2.74. The summed E-state index contributed by atoms with van der Waals surface area (Å²) < 4.78 is 5.40. The van der Waals surface area contributed by atoms with Crippen LogP contribution in [0.15, 0.2) is 42.5 Å². The van der Waals surface area contributed by atoms with Crippen molar-refractivity contribution in [2.45, 2.75) is 20.4 Å². The van der Waals surface area contributed by atoms with Crippen LogP contribution in [-0.4, -0.2) is 18.3 Å². The summed E-state index contributed by atoms with van der Waals surface area (Å²) in [5.74, 6) is -0.0924. The van der Waals surface area contributed by atoms with E-state index in [4.69, 9.17) is 4.74 Å². The molecule has 0 atom stereocenters. The lowest BCUT2D eigenvalue weighted by Gasteiger charge is -2.17. The van der Waals surface area contributed by atoms with Crippen molar-refractivity contribution < 1.29 is 14.3 Å². The SMILES string of the molecule is CCOc1ccc(CN2C(=O)C(=O)c3cc(C)ccc32)cc1. The number of hydrogen-bond donors (Lipinski definition) is 0. The molecule has 0 aliphatic carbocycles. The summed E-state index contributed by atoms with van der Waals surface area (Å²) in [6.07, 6.45) is 0. The molecule has 0 radical (unpaired) electrons. The molecule has 22 heavy (non-hydrogen) atoms. The summed E-state index contributed by atoms with van der Waals surface area (Å²) in [6.45, 7) is 4.84. The number of ketones is 1. The van der Waals surface area contributed by atoms with E-state index in [-0.39, 0.29) is 0 Å². The fraction of sp³-hybridized carbons (Fsp3) is 0.222. The van der Waals surface area contributed by atoms with Gasteiger partial charge in [-0.15, -0.1) is 0 Å². The topological polar surface area (TPSA) is 46.6 Å². The first-order valence-electron chi connectivity index (χ1n) is 7.28. The Labute approximate surface area is 129 Å². The number of amides is 1. The summed E-state index contributed by atoms with van der Waals surface area (Å²) in [5, 5.41) is 0. The van der Waals surface area contributed by atoms with E-state index >= 15 is 0 Å². The van der Waals surface area contributed by atoms with Crippen LogP contribution < -0.4 is 9.64 Å². The molecule has 1 aliphatic rings. The van der Waals surface area contributed by atoms with E-state index in [1.165, 1.54) is 4.90 Å². The van der Waals surface area contributed by atoms with Gasteiger partial charge in [-0.2, -0.15) is 0 Å². The van der Waals surface area contributed by atoms with Gasteiger partial charge in [0.25, 0.3) is 11.7 Å². The van der Waals surface area contributed by atoms with Gasteiger partial charge in [0.05, 0.1) is 24.4 Å². The van der Waals surface area contributed by atoms with Gasteiger partial charge < -0.3 is 9.64 Å². The van der Waals surface area contributed by atoms with Crippen LogP contribution in [0.5, 0.6) is 5.75 Å². The number of carbonyl (C=O) groups excluding carboxylic acids is 2. The van der Waals surface area contributed by atoms with E-state index in [1.54, 1.807) is 6.07 Å². The largest absolute Gasteiger partial charge is 0.494 e. The van der Waals surface area contributed by atoms with Gasteiger partial charge in [0.2, 0.25) is 0 Å². The van der Waals surface area contributed by atoms with Crippen LogP contribution in [0, 0.1) is 6.92 Å². The zero-order chi connectivity index (χ0) is 15.7. The summed E-state index contributed by atoms with van der Waals surface area (Å²) in [7, 11) is 0. The molecular formula is C18H17NO3. The molecule has 2 aromatic carbocycles. The number of benzene rings is 2. The third kappa shape index (κ3) is 2.48. The second kappa shape index (κ2) is 5.64. The van der Waals surface area contributed by atoms with Crippen molar-refractivity contribution >= 4 is 17.4 Å². The molecule has 0 fully saturated rings. The number of nitrogens with zero attached hydrogens (tertiary/aromatic N) is 1. The second-order valence-electron chi connectivity index (χ2n) is 5.32. The van der Waals surface area contributed by atoms with Crippen molar-refractivity contribution in [2.24, 2.45) is 0 Å². The molecule has 3 rings (SSSR count). The van der Waals surface area contributed by atoms with Gasteiger partial charge in [0, 0.05) is 0 Å². The van der Waals surface area contributed by atoms with Gasteiger partial charge in [-0.3, -0.25) is 9.59 Å². The molecule has 4 heteroatoms. The average molecular weight is 295 g/mol. The summed E-state index contributed by atoms with van der Waals surface area (Å²) >= 11 is 0.